The van der Waals surface area contributed by atoms with Crippen LogP contribution in [0.2, 0.25) is 13.1 Å². The molecule has 0 nitrogen and oxygen atoms in total. The second-order valence-electron chi connectivity index (χ2n) is 4.22. The quantitative estimate of drug-likeness (QED) is 0.668. The van der Waals surface area contributed by atoms with Gasteiger partial charge in [0.1, 0.15) is 0 Å². The Kier molecular flexibility index (Phi) is 3.55. The summed E-state index contributed by atoms with van der Waals surface area (Å²) in [5.74, 6) is -0.395. The fourth-order valence-electron chi connectivity index (χ4n) is 2.24. The maximum atomic E-state index is 2.56. The smallest absolute Gasteiger partial charge is 1.00 e. The zero-order valence-corrected chi connectivity index (χ0v) is 13.7. The molecule has 0 saturated heterocycles. The predicted octanol–water partition coefficient (Wildman–Crippen LogP) is 3.50. The minimum Gasteiger partial charge on any atom is -1.00 e. The Morgan fingerprint density at radius 1 is 1.07 bits per heavy atom. The molecule has 2 heteroatoms. The van der Waals surface area contributed by atoms with Crippen LogP contribution >= 0.6 is 0 Å². The summed E-state index contributed by atoms with van der Waals surface area (Å²) in [6.45, 7) is 5.11. The molecule has 0 radical (unpaired) electrons. The van der Waals surface area contributed by atoms with Gasteiger partial charge in [0, 0.05) is 0 Å². The van der Waals surface area contributed by atoms with E-state index in [0.29, 0.717) is 0 Å². The van der Waals surface area contributed by atoms with E-state index in [1.165, 1.54) is 12.8 Å². The second kappa shape index (κ2) is 4.71. The first-order valence-corrected chi connectivity index (χ1v) is 18.1. The Hall–Kier alpha value is 0.0470. The molecule has 0 spiro atoms. The van der Waals surface area contributed by atoms with E-state index in [0.717, 1.165) is 0 Å². The van der Waals surface area contributed by atoms with Crippen molar-refractivity contribution in [1.82, 2.24) is 0 Å². The molecule has 0 aromatic carbocycles. The molecular formula is C12H19HfSi-2. The number of hydrogen-bond donors (Lipinski definition) is 0. The van der Waals surface area contributed by atoms with Gasteiger partial charge in [0.25, 0.3) is 0 Å². The molecule has 0 aromatic rings. The summed E-state index contributed by atoms with van der Waals surface area (Å²) in [6, 6.07) is 0. The average molecular weight is 370 g/mol. The van der Waals surface area contributed by atoms with Gasteiger partial charge in [0.2, 0.25) is 0 Å². The number of allylic oxidation sites excluding steroid dienone is 8. The Bertz CT molecular complexity index is 313. The van der Waals surface area contributed by atoms with Crippen molar-refractivity contribution in [3.8, 4) is 0 Å². The van der Waals surface area contributed by atoms with Crippen LogP contribution in [0.3, 0.4) is 0 Å². The molecule has 0 unspecified atom stereocenters. The Morgan fingerprint density at radius 2 is 1.57 bits per heavy atom. The number of rotatable bonds is 3. The molecule has 14 heavy (non-hydrogen) atoms. The molecule has 0 amide bonds. The summed E-state index contributed by atoms with van der Waals surface area (Å²) in [7, 11) is 0. The van der Waals surface area contributed by atoms with Gasteiger partial charge in [-0.3, -0.25) is 0 Å². The van der Waals surface area contributed by atoms with Crippen LogP contribution in [0.15, 0.2) is 43.1 Å². The third kappa shape index (κ3) is 2.17. The molecule has 0 aromatic heterocycles. The van der Waals surface area contributed by atoms with E-state index in [1.807, 2.05) is 6.66 Å². The van der Waals surface area contributed by atoms with E-state index < -0.39 is 26.6 Å². The Morgan fingerprint density at radius 3 is 1.86 bits per heavy atom. The second-order valence-corrected chi connectivity index (χ2v) is 31.3. The van der Waals surface area contributed by atoms with Crippen molar-refractivity contribution in [2.45, 2.75) is 25.9 Å². The van der Waals surface area contributed by atoms with Crippen molar-refractivity contribution in [2.24, 2.45) is 0 Å². The number of hydrogen-bond acceptors (Lipinski definition) is 0. The van der Waals surface area contributed by atoms with Crippen LogP contribution in [0.25, 0.3) is 0 Å². The van der Waals surface area contributed by atoms with Crippen molar-refractivity contribution in [2.75, 3.05) is 0 Å². The maximum Gasteiger partial charge on any atom is -1.00 e. The molecule has 77 valence electrons. The van der Waals surface area contributed by atoms with Crippen LogP contribution in [-0.2, 0) is 20.6 Å². The SMILES string of the molecule is C[SiH](C)[Hf]([C]1=CC=CC1)[C]1=CC=CC1.[H-].[H-]. The van der Waals surface area contributed by atoms with Gasteiger partial charge in [-0.05, 0) is 0 Å². The van der Waals surface area contributed by atoms with Gasteiger partial charge in [-0.15, -0.1) is 0 Å². The van der Waals surface area contributed by atoms with E-state index in [-0.39, 0.29) is 2.85 Å². The third-order valence-electron chi connectivity index (χ3n) is 2.81. The molecule has 0 saturated carbocycles. The van der Waals surface area contributed by atoms with Crippen LogP contribution < -0.4 is 0 Å². The first-order chi connectivity index (χ1) is 6.79. The van der Waals surface area contributed by atoms with Crippen molar-refractivity contribution < 1.29 is 23.5 Å². The molecule has 0 N–H and O–H groups in total. The molecule has 0 aliphatic heterocycles. The standard InChI is InChI=1S/2C5H5.C2H7Si.Hf.2H/c2*1-2-4-5-3-1;1-3-2;;;/h2*1-3H,4H2;3H,1-2H3;;;/q;;;;2*-1. The van der Waals surface area contributed by atoms with E-state index in [1.54, 1.807) is 0 Å². The van der Waals surface area contributed by atoms with Crippen LogP contribution in [0.5, 0.6) is 0 Å². The third-order valence-corrected chi connectivity index (χ3v) is 30.1. The van der Waals surface area contributed by atoms with E-state index in [4.69, 9.17) is 0 Å². The largest absolute Gasteiger partial charge is 1.00 e. The average Bonchev–Trinajstić information content (AvgIpc) is 2.75. The van der Waals surface area contributed by atoms with Crippen LogP contribution in [0.1, 0.15) is 15.7 Å². The monoisotopic (exact) mass is 371 g/mol. The van der Waals surface area contributed by atoms with Crippen LogP contribution in [-0.4, -0.2) is 5.98 Å². The zero-order valence-electron chi connectivity index (χ0n) is 11.0. The summed E-state index contributed by atoms with van der Waals surface area (Å²) < 4.78 is 3.73. The van der Waals surface area contributed by atoms with Gasteiger partial charge in [0.15, 0.2) is 0 Å². The van der Waals surface area contributed by atoms with E-state index >= 15 is 0 Å². The molecular weight excluding hydrogens is 351 g/mol. The Balaban J connectivity index is 0.00000112. The van der Waals surface area contributed by atoms with E-state index in [2.05, 4.69) is 49.6 Å². The molecule has 0 fully saturated rings. The van der Waals surface area contributed by atoms with Crippen molar-refractivity contribution in [3.63, 3.8) is 0 Å². The van der Waals surface area contributed by atoms with Gasteiger partial charge in [-0.25, -0.2) is 0 Å². The maximum absolute atomic E-state index is 2.56. The topological polar surface area (TPSA) is 0 Å². The van der Waals surface area contributed by atoms with Gasteiger partial charge in [-0.1, -0.05) is 0 Å². The summed E-state index contributed by atoms with van der Waals surface area (Å²) >= 11 is -1.47. The van der Waals surface area contributed by atoms with E-state index in [9.17, 15) is 0 Å². The van der Waals surface area contributed by atoms with Crippen molar-refractivity contribution in [1.29, 1.82) is 0 Å². The minimum atomic E-state index is -1.47. The van der Waals surface area contributed by atoms with Gasteiger partial charge in [0.05, 0.1) is 0 Å². The van der Waals surface area contributed by atoms with Gasteiger partial charge < -0.3 is 2.85 Å². The molecule has 2 aliphatic carbocycles. The van der Waals surface area contributed by atoms with Gasteiger partial charge in [-0.2, -0.15) is 0 Å². The molecule has 2 rings (SSSR count). The Labute approximate surface area is 98.2 Å². The summed E-state index contributed by atoms with van der Waals surface area (Å²) in [5.41, 5.74) is 0. The summed E-state index contributed by atoms with van der Waals surface area (Å²) in [5, 5.41) is 0. The molecule has 2 aliphatic rings. The van der Waals surface area contributed by atoms with Gasteiger partial charge >= 0.3 is 95.6 Å². The first-order valence-electron chi connectivity index (χ1n) is 5.38. The fraction of sp³-hybridized carbons (Fsp3) is 0.333. The van der Waals surface area contributed by atoms with Crippen LogP contribution in [0.4, 0.5) is 0 Å². The van der Waals surface area contributed by atoms with Crippen molar-refractivity contribution in [3.05, 3.63) is 43.1 Å². The summed E-state index contributed by atoms with van der Waals surface area (Å²) in [4.78, 5) is 0. The first kappa shape index (κ1) is 10.6. The molecule has 0 atom stereocenters. The molecule has 0 heterocycles. The minimum absolute atomic E-state index is 0. The predicted molar refractivity (Wildman–Crippen MR) is 64.8 cm³/mol. The zero-order chi connectivity index (χ0) is 9.97. The van der Waals surface area contributed by atoms with Crippen LogP contribution in [0, 0.1) is 0 Å². The summed E-state index contributed by atoms with van der Waals surface area (Å²) in [6.07, 6.45) is 16.6. The fourth-order valence-corrected chi connectivity index (χ4v) is 29.1. The molecule has 0 bridgehead atoms. The normalized spacial score (nSPS) is 19.1. The van der Waals surface area contributed by atoms with Crippen molar-refractivity contribution >= 4 is 5.98 Å².